The lowest BCUT2D eigenvalue weighted by Crippen LogP contribution is -2.65. The molecule has 2 aliphatic rings. The average Bonchev–Trinajstić information content (AvgIpc) is 2.98. The maximum absolute atomic E-state index is 13.7. The van der Waals surface area contributed by atoms with Crippen LogP contribution in [-0.2, 0) is 14.2 Å². The number of phenolic OH excluding ortho intramolecular Hbond substituents is 3. The molecule has 0 spiro atoms. The van der Waals surface area contributed by atoms with Crippen molar-refractivity contribution in [3.05, 3.63) is 40.6 Å². The first-order valence-corrected chi connectivity index (χ1v) is 13.1. The number of hydrogen-bond donors (Lipinski definition) is 10. The highest BCUT2D eigenvalue weighted by atomic mass is 16.8. The van der Waals surface area contributed by atoms with Gasteiger partial charge in [0.05, 0.1) is 13.2 Å². The molecule has 0 saturated carbocycles. The summed E-state index contributed by atoms with van der Waals surface area (Å²) in [6, 6.07) is 4.87. The van der Waals surface area contributed by atoms with Crippen LogP contribution in [0.5, 0.6) is 28.7 Å². The molecular formula is C27H29O17-. The molecule has 1 aromatic heterocycles. The molecule has 3 aromatic rings. The third-order valence-electron chi connectivity index (χ3n) is 7.34. The first-order valence-electron chi connectivity index (χ1n) is 13.1. The first-order chi connectivity index (χ1) is 20.9. The van der Waals surface area contributed by atoms with Crippen LogP contribution in [0.25, 0.3) is 22.3 Å². The first kappa shape index (κ1) is 31.7. The van der Waals surface area contributed by atoms with Crippen LogP contribution in [0, 0.1) is 0 Å². The van der Waals surface area contributed by atoms with Crippen LogP contribution in [-0.4, -0.2) is 126 Å². The van der Waals surface area contributed by atoms with Gasteiger partial charge in [-0.05, 0) is 6.07 Å². The van der Waals surface area contributed by atoms with Crippen molar-refractivity contribution in [2.24, 2.45) is 0 Å². The van der Waals surface area contributed by atoms with Gasteiger partial charge in [-0.2, -0.15) is 0 Å². The monoisotopic (exact) mass is 625 g/mol. The van der Waals surface area contributed by atoms with Crippen LogP contribution in [0.2, 0.25) is 0 Å². The van der Waals surface area contributed by atoms with E-state index in [0.717, 1.165) is 30.3 Å². The van der Waals surface area contributed by atoms with Gasteiger partial charge in [0.1, 0.15) is 70.9 Å². The minimum absolute atomic E-state index is 0.111. The van der Waals surface area contributed by atoms with Gasteiger partial charge in [-0.25, -0.2) is 0 Å². The van der Waals surface area contributed by atoms with E-state index in [1.165, 1.54) is 0 Å². The summed E-state index contributed by atoms with van der Waals surface area (Å²) in [5.41, 5.74) is -1.54. The van der Waals surface area contributed by atoms with Crippen LogP contribution in [0.3, 0.4) is 0 Å². The molecular weight excluding hydrogens is 596 g/mol. The zero-order valence-electron chi connectivity index (χ0n) is 22.4. The molecule has 3 heterocycles. The molecule has 0 amide bonds. The highest BCUT2D eigenvalue weighted by Crippen LogP contribution is 2.39. The Bertz CT molecular complexity index is 1560. The molecule has 10 N–H and O–H groups in total. The Kier molecular flexibility index (Phi) is 8.87. The highest BCUT2D eigenvalue weighted by Gasteiger charge is 2.51. The van der Waals surface area contributed by atoms with E-state index in [-0.39, 0.29) is 11.1 Å². The van der Waals surface area contributed by atoms with Crippen molar-refractivity contribution in [1.29, 1.82) is 0 Å². The van der Waals surface area contributed by atoms with Crippen molar-refractivity contribution in [2.45, 2.75) is 61.4 Å². The molecule has 17 nitrogen and oxygen atoms in total. The van der Waals surface area contributed by atoms with E-state index in [1.807, 2.05) is 0 Å². The standard InChI is InChI=1S/C27H30O17/c28-6-14-17(34)20(37)22(39)26(41-14)44-25-21(38)18(35)15(7-29)42-27(25)43-24-19(36)16-12(33)4-9(30)5-13(16)40-23(24)8-1-2-10(31)11(32)3-8/h1-5,14-15,17-18,20-22,25-35,37-39H,6-7H2/p-1/t14-,15-,17-,18-,20+,21+,22-,25-,26+,27+/m1/s1. The number of aromatic hydroxyl groups is 3. The summed E-state index contributed by atoms with van der Waals surface area (Å²) in [5.74, 6) is -3.97. The van der Waals surface area contributed by atoms with Gasteiger partial charge in [-0.1, -0.05) is 17.9 Å². The topological polar surface area (TPSA) is 292 Å². The Labute approximate surface area is 246 Å². The van der Waals surface area contributed by atoms with Gasteiger partial charge in [-0.3, -0.25) is 4.79 Å². The number of ether oxygens (including phenoxy) is 4. The number of hydrogen-bond acceptors (Lipinski definition) is 17. The molecule has 44 heavy (non-hydrogen) atoms. The van der Waals surface area contributed by atoms with Crippen molar-refractivity contribution in [3.63, 3.8) is 0 Å². The SMILES string of the molecule is O=c1c(O[C@@H]2O[C@H](CO)[C@@H](O)[C@H](O)[C@H]2O[C@@H]2O[C@H](CO)[C@@H](O)[C@H](O)[C@H]2O)c(-c2ccc([O-])c(O)c2)oc2cc(O)cc(O)c12. The summed E-state index contributed by atoms with van der Waals surface area (Å²) in [4.78, 5) is 13.7. The van der Waals surface area contributed by atoms with E-state index in [9.17, 15) is 61.0 Å². The van der Waals surface area contributed by atoms with Gasteiger partial charge in [0, 0.05) is 17.7 Å². The Hall–Kier alpha value is -3.75. The van der Waals surface area contributed by atoms with Gasteiger partial charge in [-0.15, -0.1) is 0 Å². The summed E-state index contributed by atoms with van der Waals surface area (Å²) < 4.78 is 28.1. The van der Waals surface area contributed by atoms with Gasteiger partial charge >= 0.3 is 0 Å². The van der Waals surface area contributed by atoms with E-state index in [0.29, 0.717) is 0 Å². The van der Waals surface area contributed by atoms with Crippen LogP contribution >= 0.6 is 0 Å². The smallest absolute Gasteiger partial charge is 0.239 e. The molecule has 5 rings (SSSR count). The third kappa shape index (κ3) is 5.61. The summed E-state index contributed by atoms with van der Waals surface area (Å²) >= 11 is 0. The Balaban J connectivity index is 1.61. The van der Waals surface area contributed by atoms with E-state index >= 15 is 0 Å². The molecule has 0 aliphatic carbocycles. The maximum atomic E-state index is 13.7. The predicted molar refractivity (Wildman–Crippen MR) is 139 cm³/mol. The van der Waals surface area contributed by atoms with Gasteiger partial charge in [0.15, 0.2) is 18.2 Å². The largest absolute Gasteiger partial charge is 0.870 e. The molecule has 240 valence electrons. The summed E-state index contributed by atoms with van der Waals surface area (Å²) in [6.45, 7) is -1.69. The van der Waals surface area contributed by atoms with Crippen LogP contribution < -0.4 is 15.3 Å². The van der Waals surface area contributed by atoms with Crippen molar-refractivity contribution >= 4 is 11.0 Å². The predicted octanol–water partition coefficient (Wildman–Crippen LogP) is -3.35. The fraction of sp³-hybridized carbons (Fsp3) is 0.444. The lowest BCUT2D eigenvalue weighted by Gasteiger charge is -2.45. The molecule has 2 fully saturated rings. The molecule has 2 saturated heterocycles. The number of fused-ring (bicyclic) bond motifs is 1. The van der Waals surface area contributed by atoms with Gasteiger partial charge < -0.3 is 79.5 Å². The maximum Gasteiger partial charge on any atom is 0.239 e. The number of phenols is 3. The van der Waals surface area contributed by atoms with Crippen molar-refractivity contribution in [1.82, 2.24) is 0 Å². The number of rotatable bonds is 7. The van der Waals surface area contributed by atoms with Crippen LogP contribution in [0.15, 0.2) is 39.5 Å². The van der Waals surface area contributed by atoms with Crippen molar-refractivity contribution < 1.29 is 79.5 Å². The van der Waals surface area contributed by atoms with E-state index in [2.05, 4.69) is 0 Å². The number of aliphatic hydroxyl groups is 7. The zero-order valence-corrected chi connectivity index (χ0v) is 22.4. The molecule has 2 aromatic carbocycles. The van der Waals surface area contributed by atoms with Crippen molar-refractivity contribution in [2.75, 3.05) is 13.2 Å². The molecule has 10 atom stereocenters. The summed E-state index contributed by atoms with van der Waals surface area (Å²) in [7, 11) is 0. The summed E-state index contributed by atoms with van der Waals surface area (Å²) in [5, 5.41) is 113. The zero-order chi connectivity index (χ0) is 32.0. The van der Waals surface area contributed by atoms with Gasteiger partial charge in [0.2, 0.25) is 17.5 Å². The van der Waals surface area contributed by atoms with E-state index < -0.39 is 120 Å². The minimum atomic E-state index is -1.98. The highest BCUT2D eigenvalue weighted by molar-refractivity contribution is 5.88. The van der Waals surface area contributed by atoms with E-state index in [4.69, 9.17) is 23.4 Å². The lowest BCUT2D eigenvalue weighted by atomic mass is 9.97. The molecule has 0 unspecified atom stereocenters. The Morgan fingerprint density at radius 1 is 0.773 bits per heavy atom. The van der Waals surface area contributed by atoms with Gasteiger partial charge in [0.25, 0.3) is 0 Å². The van der Waals surface area contributed by atoms with E-state index in [1.54, 1.807) is 0 Å². The fourth-order valence-corrected chi connectivity index (χ4v) is 4.97. The second-order valence-corrected chi connectivity index (χ2v) is 10.2. The number of benzene rings is 2. The fourth-order valence-electron chi connectivity index (χ4n) is 4.97. The number of aliphatic hydroxyl groups excluding tert-OH is 7. The minimum Gasteiger partial charge on any atom is -0.870 e. The van der Waals surface area contributed by atoms with Crippen LogP contribution in [0.1, 0.15) is 0 Å². The molecule has 0 bridgehead atoms. The Morgan fingerprint density at radius 2 is 1.41 bits per heavy atom. The molecule has 17 heteroatoms. The van der Waals surface area contributed by atoms with Crippen LogP contribution in [0.4, 0.5) is 0 Å². The lowest BCUT2D eigenvalue weighted by molar-refractivity contribution is -0.358. The average molecular weight is 626 g/mol. The van der Waals surface area contributed by atoms with Crippen molar-refractivity contribution in [3.8, 4) is 40.1 Å². The Morgan fingerprint density at radius 3 is 2.05 bits per heavy atom. The quantitative estimate of drug-likeness (QED) is 0.123. The normalized spacial score (nSPS) is 32.5. The second-order valence-electron chi connectivity index (χ2n) is 10.2. The molecule has 0 radical (unpaired) electrons. The second kappa shape index (κ2) is 12.3. The summed E-state index contributed by atoms with van der Waals surface area (Å²) in [6.07, 6.45) is -18.1. The third-order valence-corrected chi connectivity index (χ3v) is 7.34. The molecule has 2 aliphatic heterocycles.